The van der Waals surface area contributed by atoms with Crippen molar-refractivity contribution in [3.8, 4) is 0 Å². The first-order valence-electron chi connectivity index (χ1n) is 8.84. The first-order chi connectivity index (χ1) is 13.2. The molecule has 164 valence electrons. The molecule has 29 heavy (non-hydrogen) atoms. The van der Waals surface area contributed by atoms with E-state index in [1.807, 2.05) is 0 Å². The summed E-state index contributed by atoms with van der Waals surface area (Å²) in [5, 5.41) is 12.1. The summed E-state index contributed by atoms with van der Waals surface area (Å²) in [5.41, 5.74) is -0.0868. The maximum atomic E-state index is 14.6. The topological polar surface area (TPSA) is 111 Å². The number of carbonyl (C=O) groups excluding carboxylic acids is 1. The second-order valence-corrected chi connectivity index (χ2v) is 9.40. The zero-order chi connectivity index (χ0) is 22.0. The van der Waals surface area contributed by atoms with Crippen molar-refractivity contribution in [2.45, 2.75) is 62.4 Å². The molecule has 0 aliphatic carbocycles. The Hall–Kier alpha value is -1.82. The number of halogens is 2. The fourth-order valence-corrected chi connectivity index (χ4v) is 3.54. The highest BCUT2D eigenvalue weighted by Crippen LogP contribution is 2.31. The molecule has 11 heteroatoms. The van der Waals surface area contributed by atoms with Crippen molar-refractivity contribution in [3.63, 3.8) is 0 Å². The Balaban J connectivity index is 2.08. The fraction of sp³-hybridized carbons (Fsp3) is 0.611. The number of benzene rings is 1. The van der Waals surface area contributed by atoms with Crippen LogP contribution in [0.25, 0.3) is 0 Å². The zero-order valence-electron chi connectivity index (χ0n) is 16.5. The standard InChI is InChI=1S/C18H25F2NO7S/c1-11-5-7-12(8-6-11)29(24,25)27-10-18(19,20)15-14(13(22)9-26-15)21-16(23)28-17(2,3)4/h5-8,13-15,22H,9-10H2,1-4H3,(H,21,23)/t13-,14+,15-/m0/s1. The number of alkyl carbamates (subject to hydrolysis) is 1. The average molecular weight is 437 g/mol. The molecule has 2 N–H and O–H groups in total. The Bertz CT molecular complexity index is 822. The van der Waals surface area contributed by atoms with E-state index < -0.39 is 59.2 Å². The Morgan fingerprint density at radius 2 is 1.86 bits per heavy atom. The molecule has 1 heterocycles. The molecule has 0 aromatic heterocycles. The van der Waals surface area contributed by atoms with Crippen LogP contribution >= 0.6 is 0 Å². The molecule has 0 spiro atoms. The third-order valence-electron chi connectivity index (χ3n) is 4.00. The number of alkyl halides is 2. The first kappa shape index (κ1) is 23.5. The van der Waals surface area contributed by atoms with Crippen molar-refractivity contribution < 1.29 is 40.8 Å². The van der Waals surface area contributed by atoms with Gasteiger partial charge in [-0.2, -0.15) is 8.42 Å². The van der Waals surface area contributed by atoms with Gasteiger partial charge < -0.3 is 19.9 Å². The summed E-state index contributed by atoms with van der Waals surface area (Å²) in [4.78, 5) is 11.6. The smallest absolute Gasteiger partial charge is 0.408 e. The van der Waals surface area contributed by atoms with Crippen LogP contribution in [0.15, 0.2) is 29.2 Å². The maximum Gasteiger partial charge on any atom is 0.408 e. The van der Waals surface area contributed by atoms with E-state index >= 15 is 0 Å². The van der Waals surface area contributed by atoms with Gasteiger partial charge in [0.1, 0.15) is 24.4 Å². The van der Waals surface area contributed by atoms with Crippen LogP contribution in [0.2, 0.25) is 0 Å². The van der Waals surface area contributed by atoms with E-state index in [1.54, 1.807) is 27.7 Å². The summed E-state index contributed by atoms with van der Waals surface area (Å²) in [6.07, 6.45) is -4.44. The van der Waals surface area contributed by atoms with Gasteiger partial charge in [-0.05, 0) is 39.8 Å². The molecule has 8 nitrogen and oxygen atoms in total. The summed E-state index contributed by atoms with van der Waals surface area (Å²) in [7, 11) is -4.43. The van der Waals surface area contributed by atoms with Crippen molar-refractivity contribution in [3.05, 3.63) is 29.8 Å². The monoisotopic (exact) mass is 437 g/mol. The molecule has 1 aromatic rings. The van der Waals surface area contributed by atoms with Crippen LogP contribution in [-0.4, -0.2) is 62.6 Å². The van der Waals surface area contributed by atoms with Gasteiger partial charge in [-0.1, -0.05) is 17.7 Å². The summed E-state index contributed by atoms with van der Waals surface area (Å²) < 4.78 is 68.0. The Morgan fingerprint density at radius 1 is 1.28 bits per heavy atom. The predicted molar refractivity (Wildman–Crippen MR) is 98.2 cm³/mol. The summed E-state index contributed by atoms with van der Waals surface area (Å²) in [6, 6.07) is 3.99. The molecule has 1 amide bonds. The van der Waals surface area contributed by atoms with E-state index in [1.165, 1.54) is 24.3 Å². The number of aryl methyl sites for hydroxylation is 1. The number of hydrogen-bond acceptors (Lipinski definition) is 7. The van der Waals surface area contributed by atoms with Gasteiger partial charge in [0.25, 0.3) is 16.0 Å². The normalized spacial score (nSPS) is 23.1. The highest BCUT2D eigenvalue weighted by molar-refractivity contribution is 7.86. The summed E-state index contributed by atoms with van der Waals surface area (Å²) in [6.45, 7) is 4.52. The van der Waals surface area contributed by atoms with Crippen molar-refractivity contribution >= 4 is 16.2 Å². The van der Waals surface area contributed by atoms with Crippen LogP contribution in [0.3, 0.4) is 0 Å². The van der Waals surface area contributed by atoms with Crippen LogP contribution in [0.5, 0.6) is 0 Å². The van der Waals surface area contributed by atoms with Crippen LogP contribution in [0.1, 0.15) is 26.3 Å². The SMILES string of the molecule is Cc1ccc(S(=O)(=O)OCC(F)(F)[C@H]2OC[C@H](O)[C@H]2NC(=O)OC(C)(C)C)cc1. The minimum Gasteiger partial charge on any atom is -0.444 e. The van der Waals surface area contributed by atoms with E-state index in [0.717, 1.165) is 5.56 Å². The van der Waals surface area contributed by atoms with Crippen LogP contribution in [0.4, 0.5) is 13.6 Å². The van der Waals surface area contributed by atoms with Gasteiger partial charge >= 0.3 is 6.09 Å². The lowest BCUT2D eigenvalue weighted by Crippen LogP contribution is -2.55. The van der Waals surface area contributed by atoms with Crippen LogP contribution < -0.4 is 5.32 Å². The number of ether oxygens (including phenoxy) is 2. The molecule has 1 aliphatic rings. The summed E-state index contributed by atoms with van der Waals surface area (Å²) in [5.74, 6) is -3.82. The largest absolute Gasteiger partial charge is 0.444 e. The molecule has 3 atom stereocenters. The number of aliphatic hydroxyl groups is 1. The highest BCUT2D eigenvalue weighted by atomic mass is 32.2. The molecule has 0 saturated carbocycles. The lowest BCUT2D eigenvalue weighted by atomic mass is 10.0. The third-order valence-corrected chi connectivity index (χ3v) is 5.28. The molecular formula is C18H25F2NO7S. The van der Waals surface area contributed by atoms with E-state index in [4.69, 9.17) is 9.47 Å². The molecular weight excluding hydrogens is 412 g/mol. The minimum absolute atomic E-state index is 0.269. The van der Waals surface area contributed by atoms with Gasteiger partial charge in [0.05, 0.1) is 17.5 Å². The fourth-order valence-electron chi connectivity index (χ4n) is 2.62. The zero-order valence-corrected chi connectivity index (χ0v) is 17.3. The number of aliphatic hydroxyl groups excluding tert-OH is 1. The van der Waals surface area contributed by atoms with Crippen LogP contribution in [-0.2, 0) is 23.8 Å². The number of hydrogen-bond donors (Lipinski definition) is 2. The van der Waals surface area contributed by atoms with E-state index in [-0.39, 0.29) is 4.90 Å². The van der Waals surface area contributed by atoms with Crippen molar-refractivity contribution in [2.24, 2.45) is 0 Å². The van der Waals surface area contributed by atoms with Crippen molar-refractivity contribution in [1.82, 2.24) is 5.32 Å². The number of amides is 1. The molecule has 0 radical (unpaired) electrons. The van der Waals surface area contributed by atoms with Gasteiger partial charge in [-0.15, -0.1) is 0 Å². The van der Waals surface area contributed by atoms with Gasteiger partial charge in [0.2, 0.25) is 0 Å². The van der Waals surface area contributed by atoms with Crippen LogP contribution in [0, 0.1) is 6.92 Å². The summed E-state index contributed by atoms with van der Waals surface area (Å²) >= 11 is 0. The second-order valence-electron chi connectivity index (χ2n) is 7.78. The second kappa shape index (κ2) is 8.50. The van der Waals surface area contributed by atoms with Crippen molar-refractivity contribution in [1.29, 1.82) is 0 Å². The Morgan fingerprint density at radius 3 is 2.41 bits per heavy atom. The molecule has 1 fully saturated rings. The maximum absolute atomic E-state index is 14.6. The molecule has 2 rings (SSSR count). The Kier molecular flexibility index (Phi) is 6.88. The minimum atomic E-state index is -4.43. The van der Waals surface area contributed by atoms with Gasteiger partial charge in [0.15, 0.2) is 0 Å². The number of nitrogens with one attached hydrogen (secondary N) is 1. The molecule has 0 unspecified atom stereocenters. The van der Waals surface area contributed by atoms with E-state index in [2.05, 4.69) is 9.50 Å². The number of carbonyl (C=O) groups is 1. The van der Waals surface area contributed by atoms with Gasteiger partial charge in [-0.3, -0.25) is 4.18 Å². The average Bonchev–Trinajstić information content (AvgIpc) is 2.93. The molecule has 0 bridgehead atoms. The lowest BCUT2D eigenvalue weighted by Gasteiger charge is -2.29. The first-order valence-corrected chi connectivity index (χ1v) is 10.3. The van der Waals surface area contributed by atoms with Gasteiger partial charge in [-0.25, -0.2) is 13.6 Å². The Labute approximate surface area is 168 Å². The quantitative estimate of drug-likeness (QED) is 0.655. The van der Waals surface area contributed by atoms with E-state index in [0.29, 0.717) is 0 Å². The van der Waals surface area contributed by atoms with Gasteiger partial charge in [0, 0.05) is 0 Å². The highest BCUT2D eigenvalue weighted by Gasteiger charge is 2.53. The number of rotatable bonds is 6. The molecule has 1 saturated heterocycles. The van der Waals surface area contributed by atoms with Crippen molar-refractivity contribution in [2.75, 3.05) is 13.2 Å². The third kappa shape index (κ3) is 6.33. The molecule has 1 aliphatic heterocycles. The predicted octanol–water partition coefficient (Wildman–Crippen LogP) is 1.99. The van der Waals surface area contributed by atoms with E-state index in [9.17, 15) is 27.1 Å². The molecule has 1 aromatic carbocycles. The lowest BCUT2D eigenvalue weighted by molar-refractivity contribution is -0.141.